The SMILES string of the molecule is CCC(=O)[C@@H](N)CCCC(NC(=O)O)C(=O)Nc1ccc2c(C)cc(=O)oc2c1. The number of hydrogen-bond donors (Lipinski definition) is 4. The van der Waals surface area contributed by atoms with E-state index in [0.717, 1.165) is 10.9 Å². The molecule has 0 spiro atoms. The fourth-order valence-corrected chi connectivity index (χ4v) is 3.01. The van der Waals surface area contributed by atoms with E-state index in [0.29, 0.717) is 30.5 Å². The van der Waals surface area contributed by atoms with Gasteiger partial charge in [-0.15, -0.1) is 0 Å². The minimum Gasteiger partial charge on any atom is -0.465 e. The van der Waals surface area contributed by atoms with E-state index in [1.54, 1.807) is 26.0 Å². The lowest BCUT2D eigenvalue weighted by Gasteiger charge is -2.18. The predicted octanol–water partition coefficient (Wildman–Crippen LogP) is 2.15. The summed E-state index contributed by atoms with van der Waals surface area (Å²) in [4.78, 5) is 46.7. The fourth-order valence-electron chi connectivity index (χ4n) is 3.01. The molecule has 9 heteroatoms. The largest absolute Gasteiger partial charge is 0.465 e. The van der Waals surface area contributed by atoms with Crippen LogP contribution in [0.5, 0.6) is 0 Å². The monoisotopic (exact) mass is 403 g/mol. The van der Waals surface area contributed by atoms with Crippen LogP contribution in [-0.4, -0.2) is 35.0 Å². The highest BCUT2D eigenvalue weighted by Crippen LogP contribution is 2.21. The molecule has 2 rings (SSSR count). The maximum Gasteiger partial charge on any atom is 0.405 e. The van der Waals surface area contributed by atoms with Crippen LogP contribution in [0.4, 0.5) is 10.5 Å². The first-order valence-electron chi connectivity index (χ1n) is 9.34. The molecular weight excluding hydrogens is 378 g/mol. The maximum atomic E-state index is 12.6. The van der Waals surface area contributed by atoms with E-state index in [4.69, 9.17) is 15.3 Å². The lowest BCUT2D eigenvalue weighted by molar-refractivity contribution is -0.120. The van der Waals surface area contributed by atoms with E-state index in [1.807, 2.05) is 0 Å². The predicted molar refractivity (Wildman–Crippen MR) is 108 cm³/mol. The van der Waals surface area contributed by atoms with Gasteiger partial charge in [-0.1, -0.05) is 6.92 Å². The molecular formula is C20H25N3O6. The Morgan fingerprint density at radius 1 is 1.21 bits per heavy atom. The summed E-state index contributed by atoms with van der Waals surface area (Å²) in [6.07, 6.45) is -0.0604. The fraction of sp³-hybridized carbons (Fsp3) is 0.400. The van der Waals surface area contributed by atoms with Gasteiger partial charge in [-0.2, -0.15) is 0 Å². The minimum absolute atomic E-state index is 0.0786. The van der Waals surface area contributed by atoms with E-state index < -0.39 is 29.7 Å². The van der Waals surface area contributed by atoms with E-state index in [1.165, 1.54) is 12.1 Å². The molecule has 0 bridgehead atoms. The van der Waals surface area contributed by atoms with Gasteiger partial charge in [0.05, 0.1) is 6.04 Å². The lowest BCUT2D eigenvalue weighted by Crippen LogP contribution is -2.43. The van der Waals surface area contributed by atoms with Crippen molar-refractivity contribution in [2.24, 2.45) is 5.73 Å². The smallest absolute Gasteiger partial charge is 0.405 e. The first-order valence-corrected chi connectivity index (χ1v) is 9.34. The topological polar surface area (TPSA) is 152 Å². The number of benzene rings is 1. The Morgan fingerprint density at radius 3 is 2.59 bits per heavy atom. The van der Waals surface area contributed by atoms with Crippen molar-refractivity contribution in [1.82, 2.24) is 5.32 Å². The molecule has 0 aliphatic carbocycles. The van der Waals surface area contributed by atoms with E-state index in [9.17, 15) is 19.2 Å². The van der Waals surface area contributed by atoms with Crippen molar-refractivity contribution in [2.45, 2.75) is 51.6 Å². The number of carboxylic acid groups (broad SMARTS) is 1. The summed E-state index contributed by atoms with van der Waals surface area (Å²) >= 11 is 0. The molecule has 2 aromatic rings. The van der Waals surface area contributed by atoms with Gasteiger partial charge >= 0.3 is 11.7 Å². The van der Waals surface area contributed by atoms with Gasteiger partial charge in [0.25, 0.3) is 0 Å². The van der Waals surface area contributed by atoms with E-state index >= 15 is 0 Å². The number of rotatable bonds is 9. The van der Waals surface area contributed by atoms with Gasteiger partial charge in [0.15, 0.2) is 0 Å². The molecule has 1 aromatic heterocycles. The quantitative estimate of drug-likeness (QED) is 0.468. The number of aryl methyl sites for hydroxylation is 1. The molecule has 9 nitrogen and oxygen atoms in total. The van der Waals surface area contributed by atoms with Crippen LogP contribution in [0.1, 0.15) is 38.2 Å². The molecule has 0 saturated heterocycles. The number of nitrogens with one attached hydrogen (secondary N) is 2. The van der Waals surface area contributed by atoms with Gasteiger partial charge < -0.3 is 25.9 Å². The molecule has 156 valence electrons. The summed E-state index contributed by atoms with van der Waals surface area (Å²) in [5, 5.41) is 14.6. The van der Waals surface area contributed by atoms with Gasteiger partial charge in [-0.25, -0.2) is 9.59 Å². The Kier molecular flexibility index (Phi) is 7.49. The van der Waals surface area contributed by atoms with Crippen LogP contribution in [0, 0.1) is 6.92 Å². The number of carbonyl (C=O) groups excluding carboxylic acids is 2. The van der Waals surface area contributed by atoms with Gasteiger partial charge in [0.1, 0.15) is 17.4 Å². The zero-order valence-electron chi connectivity index (χ0n) is 16.4. The Balaban J connectivity index is 2.09. The van der Waals surface area contributed by atoms with E-state index in [-0.39, 0.29) is 12.2 Å². The second-order valence-corrected chi connectivity index (χ2v) is 6.81. The third kappa shape index (κ3) is 6.15. The summed E-state index contributed by atoms with van der Waals surface area (Å²) in [5.74, 6) is -0.637. The van der Waals surface area contributed by atoms with Crippen molar-refractivity contribution >= 4 is 34.4 Å². The highest BCUT2D eigenvalue weighted by Gasteiger charge is 2.22. The number of amides is 2. The molecule has 0 fully saturated rings. The zero-order chi connectivity index (χ0) is 21.6. The first kappa shape index (κ1) is 22.1. The van der Waals surface area contributed by atoms with Gasteiger partial charge in [0.2, 0.25) is 5.91 Å². The van der Waals surface area contributed by atoms with E-state index in [2.05, 4.69) is 10.6 Å². The average Bonchev–Trinajstić information content (AvgIpc) is 2.65. The zero-order valence-corrected chi connectivity index (χ0v) is 16.4. The molecule has 1 unspecified atom stereocenters. The third-order valence-electron chi connectivity index (χ3n) is 4.60. The standard InChI is InChI=1S/C20H25N3O6/c1-3-16(24)14(21)5-4-6-15(23-20(27)28)19(26)22-12-7-8-13-11(2)9-18(25)29-17(13)10-12/h7-10,14-15,23H,3-6,21H2,1-2H3,(H,22,26)(H,27,28)/t14-,15?/m0/s1. The van der Waals surface area contributed by atoms with Gasteiger partial charge in [-0.3, -0.25) is 9.59 Å². The number of ketones is 1. The summed E-state index contributed by atoms with van der Waals surface area (Å²) in [6.45, 7) is 3.50. The number of carbonyl (C=O) groups is 3. The molecule has 0 saturated carbocycles. The molecule has 0 aliphatic rings. The Hall–Kier alpha value is -3.20. The van der Waals surface area contributed by atoms with Crippen LogP contribution in [0.2, 0.25) is 0 Å². The summed E-state index contributed by atoms with van der Waals surface area (Å²) in [5.41, 5.74) is 6.70. The number of nitrogens with two attached hydrogens (primary N) is 1. The normalized spacial score (nSPS) is 12.9. The average molecular weight is 403 g/mol. The number of hydrogen-bond acceptors (Lipinski definition) is 6. The van der Waals surface area contributed by atoms with Crippen molar-refractivity contribution in [3.63, 3.8) is 0 Å². The molecule has 29 heavy (non-hydrogen) atoms. The van der Waals surface area contributed by atoms with Crippen LogP contribution < -0.4 is 22.0 Å². The summed E-state index contributed by atoms with van der Waals surface area (Å²) in [6, 6.07) is 4.59. The van der Waals surface area contributed by atoms with Crippen molar-refractivity contribution < 1.29 is 23.9 Å². The van der Waals surface area contributed by atoms with Crippen molar-refractivity contribution in [3.05, 3.63) is 40.2 Å². The minimum atomic E-state index is -1.33. The van der Waals surface area contributed by atoms with Crippen molar-refractivity contribution in [1.29, 1.82) is 0 Å². The summed E-state index contributed by atoms with van der Waals surface area (Å²) < 4.78 is 5.15. The van der Waals surface area contributed by atoms with Crippen LogP contribution in [0.25, 0.3) is 11.0 Å². The van der Waals surface area contributed by atoms with Gasteiger partial charge in [0, 0.05) is 29.6 Å². The second-order valence-electron chi connectivity index (χ2n) is 6.81. The highest BCUT2D eigenvalue weighted by atomic mass is 16.4. The molecule has 1 aromatic carbocycles. The number of Topliss-reactive ketones (excluding diaryl/α,β-unsaturated/α-hetero) is 1. The third-order valence-corrected chi connectivity index (χ3v) is 4.60. The van der Waals surface area contributed by atoms with Crippen LogP contribution in [-0.2, 0) is 9.59 Å². The lowest BCUT2D eigenvalue weighted by atomic mass is 10.0. The number of anilines is 1. The molecule has 1 heterocycles. The van der Waals surface area contributed by atoms with Gasteiger partial charge in [-0.05, 0) is 43.9 Å². The van der Waals surface area contributed by atoms with Crippen molar-refractivity contribution in [3.8, 4) is 0 Å². The molecule has 0 radical (unpaired) electrons. The molecule has 2 amide bonds. The highest BCUT2D eigenvalue weighted by molar-refractivity contribution is 5.98. The Labute approximate surface area is 167 Å². The van der Waals surface area contributed by atoms with Crippen LogP contribution >= 0.6 is 0 Å². The Morgan fingerprint density at radius 2 is 1.93 bits per heavy atom. The molecule has 2 atom stereocenters. The molecule has 5 N–H and O–H groups in total. The van der Waals surface area contributed by atoms with Crippen molar-refractivity contribution in [2.75, 3.05) is 5.32 Å². The summed E-state index contributed by atoms with van der Waals surface area (Å²) in [7, 11) is 0. The molecule has 0 aliphatic heterocycles. The second kappa shape index (κ2) is 9.83. The number of fused-ring (bicyclic) bond motifs is 1. The Bertz CT molecular complexity index is 968. The maximum absolute atomic E-state index is 12.6. The van der Waals surface area contributed by atoms with Crippen LogP contribution in [0.15, 0.2) is 33.5 Å². The van der Waals surface area contributed by atoms with Crippen LogP contribution in [0.3, 0.4) is 0 Å². The first-order chi connectivity index (χ1) is 13.7.